The summed E-state index contributed by atoms with van der Waals surface area (Å²) in [7, 11) is 0. The minimum absolute atomic E-state index is 0.136. The second-order valence-corrected chi connectivity index (χ2v) is 5.27. The third-order valence-corrected chi connectivity index (χ3v) is 3.76. The van der Waals surface area contributed by atoms with E-state index in [2.05, 4.69) is 0 Å². The largest absolute Gasteiger partial charge is 0.482 e. The molecule has 4 nitrogen and oxygen atoms in total. The molecule has 0 radical (unpaired) electrons. The van der Waals surface area contributed by atoms with E-state index in [1.54, 1.807) is 18.2 Å². The first-order valence-corrected chi connectivity index (χ1v) is 6.91. The molecule has 2 aliphatic rings. The maximum atomic E-state index is 12.8. The number of carbonyl (C=O) groups is 1. The second kappa shape index (κ2) is 5.31. The number of rotatable bonds is 2. The summed E-state index contributed by atoms with van der Waals surface area (Å²) in [5, 5.41) is 9.46. The molecule has 0 saturated carbocycles. The number of benzene rings is 1. The Bertz CT molecular complexity index is 627. The van der Waals surface area contributed by atoms with Gasteiger partial charge in [0.25, 0.3) is 0 Å². The Balaban J connectivity index is 2.02. The standard InChI is InChI=1S/C15H14F3NO3/c16-15(17,18)14(21)12-8-10(19-7-3-6-13(19)20)9-4-1-2-5-11(9)22-12/h1-2,4-5,8,12,14,21H,3,6-7H2. The smallest absolute Gasteiger partial charge is 0.418 e. The Kier molecular flexibility index (Phi) is 3.60. The Morgan fingerprint density at radius 1 is 1.32 bits per heavy atom. The van der Waals surface area contributed by atoms with Gasteiger partial charge in [0.15, 0.2) is 12.2 Å². The van der Waals surface area contributed by atoms with Crippen LogP contribution >= 0.6 is 0 Å². The molecule has 22 heavy (non-hydrogen) atoms. The van der Waals surface area contributed by atoms with E-state index >= 15 is 0 Å². The molecular formula is C15H14F3NO3. The van der Waals surface area contributed by atoms with Crippen LogP contribution in [0.15, 0.2) is 30.3 Å². The maximum Gasteiger partial charge on any atom is 0.418 e. The lowest BCUT2D eigenvalue weighted by molar-refractivity contribution is -0.220. The van der Waals surface area contributed by atoms with Gasteiger partial charge in [-0.25, -0.2) is 0 Å². The van der Waals surface area contributed by atoms with Gasteiger partial charge in [-0.1, -0.05) is 12.1 Å². The Morgan fingerprint density at radius 3 is 2.68 bits per heavy atom. The van der Waals surface area contributed by atoms with Crippen LogP contribution in [0, 0.1) is 0 Å². The van der Waals surface area contributed by atoms with Gasteiger partial charge in [0, 0.05) is 18.5 Å². The van der Waals surface area contributed by atoms with Gasteiger partial charge in [0.2, 0.25) is 5.91 Å². The third kappa shape index (κ3) is 2.56. The number of alkyl halides is 3. The van der Waals surface area contributed by atoms with Gasteiger partial charge in [0.1, 0.15) is 5.75 Å². The van der Waals surface area contributed by atoms with Crippen LogP contribution in [-0.2, 0) is 4.79 Å². The molecule has 2 atom stereocenters. The number of amides is 1. The molecule has 1 saturated heterocycles. The topological polar surface area (TPSA) is 49.8 Å². The average molecular weight is 313 g/mol. The minimum atomic E-state index is -4.80. The lowest BCUT2D eigenvalue weighted by Gasteiger charge is -2.32. The van der Waals surface area contributed by atoms with Gasteiger partial charge in [-0.3, -0.25) is 4.79 Å². The zero-order valence-corrected chi connectivity index (χ0v) is 11.5. The molecule has 2 unspecified atom stereocenters. The van der Waals surface area contributed by atoms with Gasteiger partial charge in [-0.2, -0.15) is 13.2 Å². The molecule has 3 rings (SSSR count). The summed E-state index contributed by atoms with van der Waals surface area (Å²) >= 11 is 0. The lowest BCUT2D eigenvalue weighted by Crippen LogP contribution is -2.44. The van der Waals surface area contributed by atoms with Crippen LogP contribution in [0.25, 0.3) is 5.70 Å². The normalized spacial score (nSPS) is 22.9. The summed E-state index contributed by atoms with van der Waals surface area (Å²) in [6.07, 6.45) is -6.80. The Morgan fingerprint density at radius 2 is 2.05 bits per heavy atom. The fourth-order valence-corrected chi connectivity index (χ4v) is 2.69. The van der Waals surface area contributed by atoms with Crippen molar-refractivity contribution in [2.45, 2.75) is 31.2 Å². The van der Waals surface area contributed by atoms with Crippen LogP contribution in [0.2, 0.25) is 0 Å². The molecule has 0 aliphatic carbocycles. The predicted molar refractivity (Wildman–Crippen MR) is 71.8 cm³/mol. The van der Waals surface area contributed by atoms with Gasteiger partial charge in [0.05, 0.1) is 5.70 Å². The van der Waals surface area contributed by atoms with E-state index in [0.29, 0.717) is 30.6 Å². The van der Waals surface area contributed by atoms with Crippen LogP contribution in [-0.4, -0.2) is 40.8 Å². The van der Waals surface area contributed by atoms with Crippen molar-refractivity contribution in [3.63, 3.8) is 0 Å². The molecule has 1 fully saturated rings. The molecule has 2 aliphatic heterocycles. The number of aliphatic hydroxyl groups excluding tert-OH is 1. The number of hydrogen-bond donors (Lipinski definition) is 1. The number of halogens is 3. The summed E-state index contributed by atoms with van der Waals surface area (Å²) in [5.74, 6) is 0.0937. The van der Waals surface area contributed by atoms with Crippen LogP contribution < -0.4 is 4.74 Å². The highest BCUT2D eigenvalue weighted by atomic mass is 19.4. The van der Waals surface area contributed by atoms with Crippen molar-refractivity contribution in [2.75, 3.05) is 6.54 Å². The van der Waals surface area contributed by atoms with Crippen molar-refractivity contribution in [3.05, 3.63) is 35.9 Å². The number of fused-ring (bicyclic) bond motifs is 1. The molecule has 0 aromatic heterocycles. The predicted octanol–water partition coefficient (Wildman–Crippen LogP) is 2.33. The first-order valence-electron chi connectivity index (χ1n) is 6.91. The molecule has 1 amide bonds. The van der Waals surface area contributed by atoms with E-state index in [0.717, 1.165) is 0 Å². The zero-order valence-electron chi connectivity index (χ0n) is 11.5. The summed E-state index contributed by atoms with van der Waals surface area (Å²) in [6, 6.07) is 6.56. The van der Waals surface area contributed by atoms with Crippen molar-refractivity contribution in [2.24, 2.45) is 0 Å². The highest BCUT2D eigenvalue weighted by molar-refractivity contribution is 5.90. The molecule has 2 heterocycles. The van der Waals surface area contributed by atoms with Gasteiger partial charge in [-0.15, -0.1) is 0 Å². The summed E-state index contributed by atoms with van der Waals surface area (Å²) in [4.78, 5) is 13.4. The van der Waals surface area contributed by atoms with Crippen LogP contribution in [0.4, 0.5) is 13.2 Å². The monoisotopic (exact) mass is 313 g/mol. The maximum absolute atomic E-state index is 12.8. The van der Waals surface area contributed by atoms with Crippen molar-refractivity contribution in [3.8, 4) is 5.75 Å². The average Bonchev–Trinajstić information content (AvgIpc) is 2.90. The molecular weight excluding hydrogens is 299 g/mol. The number of para-hydroxylation sites is 1. The van der Waals surface area contributed by atoms with Gasteiger partial charge >= 0.3 is 6.18 Å². The SMILES string of the molecule is O=C1CCCN1C1=CC(C(O)C(F)(F)F)Oc2ccccc21. The highest BCUT2D eigenvalue weighted by Gasteiger charge is 2.46. The summed E-state index contributed by atoms with van der Waals surface area (Å²) in [5.41, 5.74) is 0.932. The molecule has 1 N–H and O–H groups in total. The third-order valence-electron chi connectivity index (χ3n) is 3.76. The number of nitrogens with zero attached hydrogens (tertiary/aromatic N) is 1. The van der Waals surface area contributed by atoms with Crippen molar-refractivity contribution in [1.82, 2.24) is 4.90 Å². The van der Waals surface area contributed by atoms with E-state index in [9.17, 15) is 23.1 Å². The number of likely N-dealkylation sites (tertiary alicyclic amines) is 1. The van der Waals surface area contributed by atoms with Crippen LogP contribution in [0.3, 0.4) is 0 Å². The zero-order chi connectivity index (χ0) is 15.9. The van der Waals surface area contributed by atoms with Crippen LogP contribution in [0.1, 0.15) is 18.4 Å². The van der Waals surface area contributed by atoms with Crippen molar-refractivity contribution in [1.29, 1.82) is 0 Å². The quantitative estimate of drug-likeness (QED) is 0.912. The minimum Gasteiger partial charge on any atom is -0.482 e. The molecule has 118 valence electrons. The van der Waals surface area contributed by atoms with Crippen LogP contribution in [0.5, 0.6) is 5.75 Å². The summed E-state index contributed by atoms with van der Waals surface area (Å²) in [6.45, 7) is 0.452. The number of carbonyl (C=O) groups excluding carboxylic acids is 1. The molecule has 0 spiro atoms. The van der Waals surface area contributed by atoms with Gasteiger partial charge < -0.3 is 14.7 Å². The number of hydrogen-bond acceptors (Lipinski definition) is 3. The first-order chi connectivity index (χ1) is 10.4. The van der Waals surface area contributed by atoms with Crippen molar-refractivity contribution < 1.29 is 27.8 Å². The Labute approximate surface area is 124 Å². The molecule has 7 heteroatoms. The number of ether oxygens (including phenoxy) is 1. The number of aliphatic hydroxyl groups is 1. The molecule has 1 aromatic carbocycles. The van der Waals surface area contributed by atoms with Crippen molar-refractivity contribution >= 4 is 11.6 Å². The highest BCUT2D eigenvalue weighted by Crippen LogP contribution is 2.38. The molecule has 0 bridgehead atoms. The van der Waals surface area contributed by atoms with E-state index in [-0.39, 0.29) is 11.7 Å². The van der Waals surface area contributed by atoms with E-state index < -0.39 is 18.4 Å². The fraction of sp³-hybridized carbons (Fsp3) is 0.400. The lowest BCUT2D eigenvalue weighted by atomic mass is 10.0. The van der Waals surface area contributed by atoms with E-state index in [4.69, 9.17) is 4.74 Å². The second-order valence-electron chi connectivity index (χ2n) is 5.27. The Hall–Kier alpha value is -2.02. The van der Waals surface area contributed by atoms with E-state index in [1.165, 1.54) is 17.0 Å². The van der Waals surface area contributed by atoms with Gasteiger partial charge in [-0.05, 0) is 24.6 Å². The fourth-order valence-electron chi connectivity index (χ4n) is 2.69. The van der Waals surface area contributed by atoms with E-state index in [1.807, 2.05) is 0 Å². The summed E-state index contributed by atoms with van der Waals surface area (Å²) < 4.78 is 43.5. The molecule has 1 aromatic rings. The first kappa shape index (κ1) is 14.9.